The fourth-order valence-electron chi connectivity index (χ4n) is 4.52. The van der Waals surface area contributed by atoms with Crippen molar-refractivity contribution in [2.45, 2.75) is 44.6 Å². The molecule has 3 nitrogen and oxygen atoms in total. The summed E-state index contributed by atoms with van der Waals surface area (Å²) < 4.78 is 0. The average molecular weight is 304 g/mol. The molecule has 1 unspecified atom stereocenters. The third-order valence-electron chi connectivity index (χ3n) is 5.45. The van der Waals surface area contributed by atoms with E-state index in [1.807, 2.05) is 18.2 Å². The Morgan fingerprint density at radius 3 is 2.67 bits per heavy atom. The monoisotopic (exact) mass is 303 g/mol. The summed E-state index contributed by atoms with van der Waals surface area (Å²) in [5.74, 6) is 0.326. The maximum atomic E-state index is 12.7. The molecule has 2 fully saturated rings. The molecule has 0 amide bonds. The van der Waals surface area contributed by atoms with Crippen LogP contribution in [0.4, 0.5) is 5.69 Å². The van der Waals surface area contributed by atoms with E-state index in [4.69, 9.17) is 11.6 Å². The van der Waals surface area contributed by atoms with Gasteiger partial charge in [0.05, 0.1) is 0 Å². The molecule has 110 valence electrons. The number of halogens is 1. The van der Waals surface area contributed by atoms with Gasteiger partial charge in [0.15, 0.2) is 0 Å². The minimum Gasteiger partial charge on any atom is -0.367 e. The van der Waals surface area contributed by atoms with Crippen molar-refractivity contribution in [1.82, 2.24) is 0 Å². The second-order valence-electron chi connectivity index (χ2n) is 6.47. The molecule has 1 atom stereocenters. The van der Waals surface area contributed by atoms with Gasteiger partial charge in [-0.1, -0.05) is 17.7 Å². The first-order chi connectivity index (χ1) is 10.1. The van der Waals surface area contributed by atoms with Gasteiger partial charge in [-0.2, -0.15) is 0 Å². The number of carbonyl (C=O) groups excluding carboxylic acids is 2. The highest BCUT2D eigenvalue weighted by Gasteiger charge is 2.57. The third-order valence-corrected chi connectivity index (χ3v) is 5.69. The molecular formula is C17H18ClNO2. The number of anilines is 1. The summed E-state index contributed by atoms with van der Waals surface area (Å²) in [6, 6.07) is 5.88. The SMILES string of the molecule is O=C1CCCC(=O)C12Cc1ccc(Cl)cc1N1CCCC12. The number of rotatable bonds is 0. The zero-order valence-electron chi connectivity index (χ0n) is 11.9. The van der Waals surface area contributed by atoms with Crippen molar-refractivity contribution in [2.24, 2.45) is 5.41 Å². The average Bonchev–Trinajstić information content (AvgIpc) is 2.95. The van der Waals surface area contributed by atoms with Gasteiger partial charge in [0, 0.05) is 36.1 Å². The van der Waals surface area contributed by atoms with Gasteiger partial charge < -0.3 is 4.90 Å². The lowest BCUT2D eigenvalue weighted by atomic mass is 9.61. The maximum Gasteiger partial charge on any atom is 0.148 e. The lowest BCUT2D eigenvalue weighted by Gasteiger charge is -2.48. The highest BCUT2D eigenvalue weighted by Crippen LogP contribution is 2.50. The molecule has 3 aliphatic rings. The van der Waals surface area contributed by atoms with Crippen LogP contribution in [0.1, 0.15) is 37.7 Å². The van der Waals surface area contributed by atoms with Gasteiger partial charge >= 0.3 is 0 Å². The molecule has 2 aliphatic heterocycles. The van der Waals surface area contributed by atoms with Crippen LogP contribution in [0.2, 0.25) is 5.02 Å². The Labute approximate surface area is 129 Å². The van der Waals surface area contributed by atoms with Crippen molar-refractivity contribution in [1.29, 1.82) is 0 Å². The Hall–Kier alpha value is -1.35. The Balaban J connectivity index is 1.89. The minimum atomic E-state index is -0.782. The van der Waals surface area contributed by atoms with Gasteiger partial charge in [0.1, 0.15) is 17.0 Å². The molecule has 4 rings (SSSR count). The molecule has 1 spiro atoms. The number of nitrogens with zero attached hydrogens (tertiary/aromatic N) is 1. The van der Waals surface area contributed by atoms with E-state index in [1.165, 1.54) is 0 Å². The number of fused-ring (bicyclic) bond motifs is 4. The topological polar surface area (TPSA) is 37.4 Å². The lowest BCUT2D eigenvalue weighted by molar-refractivity contribution is -0.145. The van der Waals surface area contributed by atoms with Crippen LogP contribution < -0.4 is 4.90 Å². The molecule has 1 saturated carbocycles. The fraction of sp³-hybridized carbons (Fsp3) is 0.529. The van der Waals surface area contributed by atoms with Crippen molar-refractivity contribution in [3.8, 4) is 0 Å². The van der Waals surface area contributed by atoms with Gasteiger partial charge in [0.25, 0.3) is 0 Å². The normalized spacial score (nSPS) is 26.9. The lowest BCUT2D eigenvalue weighted by Crippen LogP contribution is -2.59. The molecule has 0 bridgehead atoms. The van der Waals surface area contributed by atoms with Crippen LogP contribution in [-0.2, 0) is 16.0 Å². The Morgan fingerprint density at radius 1 is 1.14 bits per heavy atom. The van der Waals surface area contributed by atoms with Crippen molar-refractivity contribution >= 4 is 28.9 Å². The number of ketones is 2. The molecule has 4 heteroatoms. The largest absolute Gasteiger partial charge is 0.367 e. The molecule has 1 saturated heterocycles. The van der Waals surface area contributed by atoms with Gasteiger partial charge in [-0.05, 0) is 43.4 Å². The van der Waals surface area contributed by atoms with Crippen LogP contribution in [0.5, 0.6) is 0 Å². The van der Waals surface area contributed by atoms with Crippen LogP contribution >= 0.6 is 11.6 Å². The maximum absolute atomic E-state index is 12.7. The first kappa shape index (κ1) is 13.3. The van der Waals surface area contributed by atoms with Gasteiger partial charge in [0.2, 0.25) is 0 Å². The molecule has 0 N–H and O–H groups in total. The summed E-state index contributed by atoms with van der Waals surface area (Å²) in [5.41, 5.74) is 1.44. The van der Waals surface area contributed by atoms with E-state index in [0.29, 0.717) is 19.3 Å². The van der Waals surface area contributed by atoms with E-state index in [-0.39, 0.29) is 17.6 Å². The fourth-order valence-corrected chi connectivity index (χ4v) is 4.69. The zero-order valence-corrected chi connectivity index (χ0v) is 12.7. The van der Waals surface area contributed by atoms with Crippen LogP contribution in [0.25, 0.3) is 0 Å². The highest BCUT2D eigenvalue weighted by atomic mass is 35.5. The first-order valence-corrected chi connectivity index (χ1v) is 8.12. The summed E-state index contributed by atoms with van der Waals surface area (Å²) in [6.07, 6.45) is 4.37. The Kier molecular flexibility index (Phi) is 2.90. The summed E-state index contributed by atoms with van der Waals surface area (Å²) in [6.45, 7) is 0.917. The van der Waals surface area contributed by atoms with E-state index in [9.17, 15) is 9.59 Å². The standard InChI is InChI=1S/C17H18ClNO2/c18-12-7-6-11-10-17(15(20)4-1-5-16(17)21)14-3-2-8-19(14)13(11)9-12/h6-7,9,14H,1-5,8,10H2. The quantitative estimate of drug-likeness (QED) is 0.691. The summed E-state index contributed by atoms with van der Waals surface area (Å²) in [5, 5.41) is 0.719. The van der Waals surface area contributed by atoms with E-state index in [2.05, 4.69) is 4.90 Å². The summed E-state index contributed by atoms with van der Waals surface area (Å²) in [7, 11) is 0. The number of carbonyl (C=O) groups is 2. The highest BCUT2D eigenvalue weighted by molar-refractivity contribution is 6.31. The van der Waals surface area contributed by atoms with Crippen LogP contribution in [0, 0.1) is 5.41 Å². The number of benzene rings is 1. The van der Waals surface area contributed by atoms with Gasteiger partial charge in [-0.15, -0.1) is 0 Å². The molecule has 2 heterocycles. The molecule has 1 aromatic rings. The second kappa shape index (κ2) is 4.57. The van der Waals surface area contributed by atoms with Crippen LogP contribution in [0.15, 0.2) is 18.2 Å². The molecule has 0 aromatic heterocycles. The van der Waals surface area contributed by atoms with Gasteiger partial charge in [-0.25, -0.2) is 0 Å². The summed E-state index contributed by atoms with van der Waals surface area (Å²) in [4.78, 5) is 27.7. The first-order valence-electron chi connectivity index (χ1n) is 7.74. The predicted molar refractivity (Wildman–Crippen MR) is 81.8 cm³/mol. The van der Waals surface area contributed by atoms with Crippen molar-refractivity contribution in [3.63, 3.8) is 0 Å². The molecule has 1 aromatic carbocycles. The van der Waals surface area contributed by atoms with Crippen molar-refractivity contribution in [3.05, 3.63) is 28.8 Å². The predicted octanol–water partition coefficient (Wildman–Crippen LogP) is 3.17. The van der Waals surface area contributed by atoms with Crippen LogP contribution in [-0.4, -0.2) is 24.2 Å². The molecule has 21 heavy (non-hydrogen) atoms. The smallest absolute Gasteiger partial charge is 0.148 e. The Morgan fingerprint density at radius 2 is 1.90 bits per heavy atom. The van der Waals surface area contributed by atoms with Gasteiger partial charge in [-0.3, -0.25) is 9.59 Å². The third kappa shape index (κ3) is 1.73. The van der Waals surface area contributed by atoms with Crippen LogP contribution in [0.3, 0.4) is 0 Å². The molecular weight excluding hydrogens is 286 g/mol. The second-order valence-corrected chi connectivity index (χ2v) is 6.91. The summed E-state index contributed by atoms with van der Waals surface area (Å²) >= 11 is 6.14. The molecule has 0 radical (unpaired) electrons. The van der Waals surface area contributed by atoms with E-state index >= 15 is 0 Å². The van der Waals surface area contributed by atoms with Crippen molar-refractivity contribution < 1.29 is 9.59 Å². The van der Waals surface area contributed by atoms with E-state index in [0.717, 1.165) is 42.1 Å². The number of Topliss-reactive ketones (excluding diaryl/α,β-unsaturated/α-hetero) is 2. The number of hydrogen-bond donors (Lipinski definition) is 0. The van der Waals surface area contributed by atoms with E-state index < -0.39 is 5.41 Å². The zero-order chi connectivity index (χ0) is 14.6. The Bertz CT molecular complexity index is 624. The minimum absolute atomic E-state index is 0.0452. The molecule has 1 aliphatic carbocycles. The van der Waals surface area contributed by atoms with E-state index in [1.54, 1.807) is 0 Å². The van der Waals surface area contributed by atoms with Crippen molar-refractivity contribution in [2.75, 3.05) is 11.4 Å². The number of hydrogen-bond acceptors (Lipinski definition) is 3.